The Kier molecular flexibility index (Phi) is 5.26. The Bertz CT molecular complexity index is 903. The summed E-state index contributed by atoms with van der Waals surface area (Å²) in [7, 11) is 0. The van der Waals surface area contributed by atoms with Crippen molar-refractivity contribution < 1.29 is 9.59 Å². The number of thioether (sulfide) groups is 1. The van der Waals surface area contributed by atoms with Crippen molar-refractivity contribution in [3.63, 3.8) is 0 Å². The van der Waals surface area contributed by atoms with E-state index in [0.29, 0.717) is 18.8 Å². The highest BCUT2D eigenvalue weighted by Gasteiger charge is 2.31. The maximum Gasteiger partial charge on any atom is 0.242 e. The summed E-state index contributed by atoms with van der Waals surface area (Å²) in [5, 5.41) is 0.813. The number of fused-ring (bicyclic) bond motifs is 1. The molecule has 1 aromatic carbocycles. The summed E-state index contributed by atoms with van der Waals surface area (Å²) < 4.78 is 0. The van der Waals surface area contributed by atoms with Crippen LogP contribution in [0.1, 0.15) is 12.5 Å². The van der Waals surface area contributed by atoms with Crippen molar-refractivity contribution in [2.45, 2.75) is 24.9 Å². The fraction of sp³-hybridized carbons (Fsp3) is 0.381. The van der Waals surface area contributed by atoms with Crippen molar-refractivity contribution >= 4 is 35.0 Å². The molecule has 1 fully saturated rings. The van der Waals surface area contributed by atoms with E-state index >= 15 is 0 Å². The molecule has 1 unspecified atom stereocenters. The van der Waals surface area contributed by atoms with E-state index in [-0.39, 0.29) is 24.4 Å². The molecule has 6 nitrogen and oxygen atoms in total. The number of pyridine rings is 1. The number of carbonyl (C=O) groups excluding carboxylic acids is 2. The zero-order valence-electron chi connectivity index (χ0n) is 16.2. The lowest BCUT2D eigenvalue weighted by atomic mass is 10.1. The first-order valence-electron chi connectivity index (χ1n) is 9.52. The largest absolute Gasteiger partial charge is 0.365 e. The third-order valence-corrected chi connectivity index (χ3v) is 6.26. The predicted octanol–water partition coefficient (Wildman–Crippen LogP) is 2.57. The van der Waals surface area contributed by atoms with Gasteiger partial charge in [-0.15, -0.1) is 0 Å². The van der Waals surface area contributed by atoms with Crippen LogP contribution in [0.2, 0.25) is 0 Å². The molecular weight excluding hydrogens is 372 g/mol. The van der Waals surface area contributed by atoms with E-state index in [0.717, 1.165) is 17.3 Å². The summed E-state index contributed by atoms with van der Waals surface area (Å²) in [6.07, 6.45) is 1.72. The van der Waals surface area contributed by atoms with Gasteiger partial charge in [0.25, 0.3) is 0 Å². The summed E-state index contributed by atoms with van der Waals surface area (Å²) in [6, 6.07) is 12.4. The third kappa shape index (κ3) is 3.71. The fourth-order valence-electron chi connectivity index (χ4n) is 3.82. The highest BCUT2D eigenvalue weighted by Crippen LogP contribution is 2.33. The Hall–Kier alpha value is -2.54. The van der Waals surface area contributed by atoms with Gasteiger partial charge in [-0.25, -0.2) is 4.98 Å². The van der Waals surface area contributed by atoms with Gasteiger partial charge in [-0.05, 0) is 43.7 Å². The van der Waals surface area contributed by atoms with Crippen molar-refractivity contribution in [2.24, 2.45) is 0 Å². The minimum atomic E-state index is -0.0368. The van der Waals surface area contributed by atoms with Crippen LogP contribution in [0.15, 0.2) is 47.6 Å². The quantitative estimate of drug-likeness (QED) is 0.798. The summed E-state index contributed by atoms with van der Waals surface area (Å²) in [4.78, 5) is 35.5. The molecule has 2 amide bonds. The van der Waals surface area contributed by atoms with E-state index in [4.69, 9.17) is 0 Å². The monoisotopic (exact) mass is 396 g/mol. The number of aryl methyl sites for hydroxylation is 1. The number of piperazine rings is 1. The predicted molar refractivity (Wildman–Crippen MR) is 112 cm³/mol. The molecule has 1 atom stereocenters. The van der Waals surface area contributed by atoms with Crippen LogP contribution in [-0.2, 0) is 9.59 Å². The first-order valence-corrected chi connectivity index (χ1v) is 10.5. The Morgan fingerprint density at radius 3 is 2.89 bits per heavy atom. The number of carbonyl (C=O) groups is 2. The zero-order chi connectivity index (χ0) is 19.7. The van der Waals surface area contributed by atoms with Crippen molar-refractivity contribution in [2.75, 3.05) is 41.7 Å². The van der Waals surface area contributed by atoms with Gasteiger partial charge in [0.2, 0.25) is 11.8 Å². The van der Waals surface area contributed by atoms with Gasteiger partial charge in [-0.3, -0.25) is 14.5 Å². The molecule has 146 valence electrons. The van der Waals surface area contributed by atoms with E-state index in [1.165, 1.54) is 23.0 Å². The van der Waals surface area contributed by atoms with Gasteiger partial charge < -0.3 is 9.80 Å². The van der Waals surface area contributed by atoms with Crippen LogP contribution < -0.4 is 9.80 Å². The molecule has 0 bridgehead atoms. The molecule has 0 N–H and O–H groups in total. The molecule has 7 heteroatoms. The minimum Gasteiger partial charge on any atom is -0.365 e. The van der Waals surface area contributed by atoms with Gasteiger partial charge in [0.05, 0.1) is 11.4 Å². The molecular formula is C21H24N4O2S. The molecule has 2 aliphatic heterocycles. The summed E-state index contributed by atoms with van der Waals surface area (Å²) in [5.74, 6) is 0.283. The lowest BCUT2D eigenvalue weighted by Gasteiger charge is -2.42. The van der Waals surface area contributed by atoms with Crippen LogP contribution in [-0.4, -0.2) is 59.7 Å². The molecule has 2 aromatic rings. The number of nitrogens with zero attached hydrogens (tertiary/aromatic N) is 4. The van der Waals surface area contributed by atoms with E-state index < -0.39 is 0 Å². The van der Waals surface area contributed by atoms with Crippen LogP contribution >= 0.6 is 11.8 Å². The highest BCUT2D eigenvalue weighted by molar-refractivity contribution is 8.00. The number of amides is 2. The van der Waals surface area contributed by atoms with Gasteiger partial charge in [0, 0.05) is 37.6 Å². The molecule has 0 aliphatic carbocycles. The molecule has 1 aromatic heterocycles. The van der Waals surface area contributed by atoms with Crippen LogP contribution in [0.4, 0.5) is 11.4 Å². The van der Waals surface area contributed by atoms with Crippen LogP contribution in [0.3, 0.4) is 0 Å². The minimum absolute atomic E-state index is 0.00852. The second-order valence-electron chi connectivity index (χ2n) is 7.32. The van der Waals surface area contributed by atoms with Gasteiger partial charge in [-0.1, -0.05) is 23.9 Å². The number of anilines is 2. The SMILES string of the molecule is Cc1cccc(N2CCN(C(=O)CN3C(=O)CSc4ncccc43)CC2C)c1. The average molecular weight is 397 g/mol. The number of hydrogen-bond acceptors (Lipinski definition) is 5. The Balaban J connectivity index is 1.44. The number of hydrogen-bond donors (Lipinski definition) is 0. The Morgan fingerprint density at radius 2 is 2.11 bits per heavy atom. The van der Waals surface area contributed by atoms with Gasteiger partial charge >= 0.3 is 0 Å². The fourth-order valence-corrected chi connectivity index (χ4v) is 4.70. The highest BCUT2D eigenvalue weighted by atomic mass is 32.2. The molecule has 0 radical (unpaired) electrons. The lowest BCUT2D eigenvalue weighted by Crippen LogP contribution is -2.56. The molecule has 28 heavy (non-hydrogen) atoms. The van der Waals surface area contributed by atoms with Crippen molar-refractivity contribution in [3.05, 3.63) is 48.2 Å². The molecule has 2 aliphatic rings. The maximum absolute atomic E-state index is 13.0. The molecule has 4 rings (SSSR count). The molecule has 1 saturated heterocycles. The van der Waals surface area contributed by atoms with Crippen LogP contribution in [0.5, 0.6) is 0 Å². The number of benzene rings is 1. The van der Waals surface area contributed by atoms with E-state index in [1.54, 1.807) is 17.2 Å². The smallest absolute Gasteiger partial charge is 0.242 e. The second-order valence-corrected chi connectivity index (χ2v) is 8.28. The van der Waals surface area contributed by atoms with Crippen molar-refractivity contribution in [1.29, 1.82) is 0 Å². The van der Waals surface area contributed by atoms with Crippen molar-refractivity contribution in [3.8, 4) is 0 Å². The Labute approximate surface area is 169 Å². The second kappa shape index (κ2) is 7.83. The Morgan fingerprint density at radius 1 is 1.25 bits per heavy atom. The lowest BCUT2D eigenvalue weighted by molar-refractivity contribution is -0.131. The summed E-state index contributed by atoms with van der Waals surface area (Å²) >= 11 is 1.43. The van der Waals surface area contributed by atoms with E-state index in [1.807, 2.05) is 11.0 Å². The first-order chi connectivity index (χ1) is 13.5. The van der Waals surface area contributed by atoms with E-state index in [2.05, 4.69) is 48.0 Å². The molecule has 3 heterocycles. The summed E-state index contributed by atoms with van der Waals surface area (Å²) in [5.41, 5.74) is 3.17. The van der Waals surface area contributed by atoms with Crippen LogP contribution in [0.25, 0.3) is 0 Å². The van der Waals surface area contributed by atoms with Crippen molar-refractivity contribution in [1.82, 2.24) is 9.88 Å². The zero-order valence-corrected chi connectivity index (χ0v) is 17.0. The number of rotatable bonds is 3. The molecule has 0 saturated carbocycles. The standard InChI is InChI=1S/C21H24N4O2S/c1-15-5-3-6-17(11-15)24-10-9-23(12-16(24)2)19(26)13-25-18-7-4-8-22-21(18)28-14-20(25)27/h3-8,11,16H,9-10,12-14H2,1-2H3. The van der Waals surface area contributed by atoms with Gasteiger partial charge in [0.1, 0.15) is 11.6 Å². The average Bonchev–Trinajstić information content (AvgIpc) is 2.70. The normalized spacial score (nSPS) is 19.6. The van der Waals surface area contributed by atoms with Gasteiger partial charge in [-0.2, -0.15) is 0 Å². The van der Waals surface area contributed by atoms with E-state index in [9.17, 15) is 9.59 Å². The first kappa shape index (κ1) is 18.8. The third-order valence-electron chi connectivity index (χ3n) is 5.28. The maximum atomic E-state index is 13.0. The van der Waals surface area contributed by atoms with Gasteiger partial charge in [0.15, 0.2) is 0 Å². The summed E-state index contributed by atoms with van der Waals surface area (Å²) in [6.45, 7) is 6.42. The van der Waals surface area contributed by atoms with Crippen LogP contribution in [0, 0.1) is 6.92 Å². The molecule has 0 spiro atoms. The number of aromatic nitrogens is 1. The topological polar surface area (TPSA) is 56.8 Å².